The SMILES string of the molecule is Cc1cc(CNCc2cccc(Cl)c2)n[nH]1. The van der Waals surface area contributed by atoms with Gasteiger partial charge < -0.3 is 5.32 Å². The fourth-order valence-electron chi connectivity index (χ4n) is 1.55. The van der Waals surface area contributed by atoms with Gasteiger partial charge in [0.1, 0.15) is 0 Å². The number of rotatable bonds is 4. The Morgan fingerprint density at radius 1 is 1.31 bits per heavy atom. The second-order valence-corrected chi connectivity index (χ2v) is 4.21. The number of nitrogens with zero attached hydrogens (tertiary/aromatic N) is 1. The molecule has 0 amide bonds. The molecular weight excluding hydrogens is 222 g/mol. The van der Waals surface area contributed by atoms with Crippen molar-refractivity contribution in [3.8, 4) is 0 Å². The summed E-state index contributed by atoms with van der Waals surface area (Å²) in [6.07, 6.45) is 0. The van der Waals surface area contributed by atoms with E-state index in [0.29, 0.717) is 0 Å². The van der Waals surface area contributed by atoms with Gasteiger partial charge in [-0.2, -0.15) is 5.10 Å². The van der Waals surface area contributed by atoms with Crippen LogP contribution < -0.4 is 5.32 Å². The number of aromatic amines is 1. The van der Waals surface area contributed by atoms with Gasteiger partial charge in [-0.05, 0) is 30.7 Å². The van der Waals surface area contributed by atoms with E-state index in [-0.39, 0.29) is 0 Å². The maximum Gasteiger partial charge on any atom is 0.0762 e. The van der Waals surface area contributed by atoms with Crippen LogP contribution >= 0.6 is 11.6 Å². The summed E-state index contributed by atoms with van der Waals surface area (Å²) in [6, 6.07) is 9.88. The Balaban J connectivity index is 1.84. The highest BCUT2D eigenvalue weighted by Gasteiger charge is 1.98. The lowest BCUT2D eigenvalue weighted by Gasteiger charge is -2.03. The van der Waals surface area contributed by atoms with Gasteiger partial charge in [0.05, 0.1) is 5.69 Å². The largest absolute Gasteiger partial charge is 0.307 e. The Labute approximate surface area is 99.8 Å². The highest BCUT2D eigenvalue weighted by atomic mass is 35.5. The monoisotopic (exact) mass is 235 g/mol. The van der Waals surface area contributed by atoms with E-state index >= 15 is 0 Å². The molecule has 1 aromatic carbocycles. The summed E-state index contributed by atoms with van der Waals surface area (Å²) >= 11 is 5.90. The van der Waals surface area contributed by atoms with Gasteiger partial charge in [0, 0.05) is 23.8 Å². The van der Waals surface area contributed by atoms with Crippen molar-refractivity contribution in [1.82, 2.24) is 15.5 Å². The average molecular weight is 236 g/mol. The number of hydrogen-bond acceptors (Lipinski definition) is 2. The van der Waals surface area contributed by atoms with Gasteiger partial charge in [0.15, 0.2) is 0 Å². The molecule has 0 saturated heterocycles. The Kier molecular flexibility index (Phi) is 3.59. The average Bonchev–Trinajstić information content (AvgIpc) is 2.64. The van der Waals surface area contributed by atoms with Crippen molar-refractivity contribution >= 4 is 11.6 Å². The first-order valence-electron chi connectivity index (χ1n) is 5.20. The van der Waals surface area contributed by atoms with Gasteiger partial charge in [0.25, 0.3) is 0 Å². The molecule has 84 valence electrons. The number of nitrogens with one attached hydrogen (secondary N) is 2. The maximum atomic E-state index is 5.90. The van der Waals surface area contributed by atoms with Crippen molar-refractivity contribution in [1.29, 1.82) is 0 Å². The molecule has 0 unspecified atom stereocenters. The minimum Gasteiger partial charge on any atom is -0.307 e. The molecule has 2 rings (SSSR count). The summed E-state index contributed by atoms with van der Waals surface area (Å²) in [5.41, 5.74) is 3.29. The van der Waals surface area contributed by atoms with Crippen LogP contribution in [0.5, 0.6) is 0 Å². The fraction of sp³-hybridized carbons (Fsp3) is 0.250. The third-order valence-corrected chi connectivity index (χ3v) is 2.52. The van der Waals surface area contributed by atoms with Crippen LogP contribution in [-0.4, -0.2) is 10.2 Å². The Morgan fingerprint density at radius 3 is 2.88 bits per heavy atom. The molecular formula is C12H14ClN3. The Morgan fingerprint density at radius 2 is 2.19 bits per heavy atom. The molecule has 0 bridgehead atoms. The van der Waals surface area contributed by atoms with Crippen molar-refractivity contribution in [3.63, 3.8) is 0 Å². The predicted octanol–water partition coefficient (Wildman–Crippen LogP) is 2.66. The molecule has 0 atom stereocenters. The van der Waals surface area contributed by atoms with Crippen molar-refractivity contribution in [2.45, 2.75) is 20.0 Å². The highest BCUT2D eigenvalue weighted by molar-refractivity contribution is 6.30. The molecule has 0 saturated carbocycles. The van der Waals surface area contributed by atoms with Crippen LogP contribution in [0, 0.1) is 6.92 Å². The quantitative estimate of drug-likeness (QED) is 0.856. The number of hydrogen-bond donors (Lipinski definition) is 2. The minimum atomic E-state index is 0.761. The maximum absolute atomic E-state index is 5.90. The molecule has 0 aliphatic carbocycles. The molecule has 2 N–H and O–H groups in total. The van der Waals surface area contributed by atoms with E-state index in [9.17, 15) is 0 Å². The van der Waals surface area contributed by atoms with Gasteiger partial charge >= 0.3 is 0 Å². The first-order chi connectivity index (χ1) is 7.74. The summed E-state index contributed by atoms with van der Waals surface area (Å²) in [4.78, 5) is 0. The standard InChI is InChI=1S/C12H14ClN3/c1-9-5-12(16-15-9)8-14-7-10-3-2-4-11(13)6-10/h2-6,14H,7-8H2,1H3,(H,15,16). The van der Waals surface area contributed by atoms with Crippen LogP contribution in [0.2, 0.25) is 5.02 Å². The zero-order valence-corrected chi connectivity index (χ0v) is 9.88. The number of benzene rings is 1. The van der Waals surface area contributed by atoms with Crippen molar-refractivity contribution < 1.29 is 0 Å². The first-order valence-corrected chi connectivity index (χ1v) is 5.58. The lowest BCUT2D eigenvalue weighted by Crippen LogP contribution is -2.12. The molecule has 4 heteroatoms. The van der Waals surface area contributed by atoms with Crippen LogP contribution in [0.3, 0.4) is 0 Å². The molecule has 1 aromatic heterocycles. The third-order valence-electron chi connectivity index (χ3n) is 2.28. The lowest BCUT2D eigenvalue weighted by atomic mass is 10.2. The molecule has 0 spiro atoms. The van der Waals surface area contributed by atoms with Crippen molar-refractivity contribution in [2.75, 3.05) is 0 Å². The van der Waals surface area contributed by atoms with E-state index in [1.807, 2.05) is 31.2 Å². The smallest absolute Gasteiger partial charge is 0.0762 e. The summed E-state index contributed by atoms with van der Waals surface area (Å²) in [5.74, 6) is 0. The van der Waals surface area contributed by atoms with E-state index in [0.717, 1.165) is 29.5 Å². The van der Waals surface area contributed by atoms with Gasteiger partial charge in [-0.3, -0.25) is 5.10 Å². The molecule has 0 aliphatic heterocycles. The van der Waals surface area contributed by atoms with E-state index in [1.165, 1.54) is 5.56 Å². The molecule has 0 aliphatic rings. The van der Waals surface area contributed by atoms with Crippen LogP contribution in [0.25, 0.3) is 0 Å². The zero-order valence-electron chi connectivity index (χ0n) is 9.13. The number of aromatic nitrogens is 2. The molecule has 16 heavy (non-hydrogen) atoms. The normalized spacial score (nSPS) is 10.6. The topological polar surface area (TPSA) is 40.7 Å². The van der Waals surface area contributed by atoms with Crippen LogP contribution in [0.1, 0.15) is 17.0 Å². The van der Waals surface area contributed by atoms with Gasteiger partial charge in [-0.25, -0.2) is 0 Å². The molecule has 1 heterocycles. The van der Waals surface area contributed by atoms with E-state index in [2.05, 4.69) is 21.6 Å². The minimum absolute atomic E-state index is 0.761. The van der Waals surface area contributed by atoms with E-state index < -0.39 is 0 Å². The van der Waals surface area contributed by atoms with Crippen LogP contribution in [-0.2, 0) is 13.1 Å². The zero-order chi connectivity index (χ0) is 11.4. The second kappa shape index (κ2) is 5.14. The summed E-state index contributed by atoms with van der Waals surface area (Å²) in [6.45, 7) is 3.55. The number of H-pyrrole nitrogens is 1. The van der Waals surface area contributed by atoms with Crippen molar-refractivity contribution in [3.05, 3.63) is 52.3 Å². The third kappa shape index (κ3) is 3.08. The lowest BCUT2D eigenvalue weighted by molar-refractivity contribution is 0.677. The van der Waals surface area contributed by atoms with Crippen molar-refractivity contribution in [2.24, 2.45) is 0 Å². The van der Waals surface area contributed by atoms with E-state index in [4.69, 9.17) is 11.6 Å². The molecule has 3 nitrogen and oxygen atoms in total. The highest BCUT2D eigenvalue weighted by Crippen LogP contribution is 2.10. The first kappa shape index (κ1) is 11.2. The fourth-order valence-corrected chi connectivity index (χ4v) is 1.76. The van der Waals surface area contributed by atoms with Gasteiger partial charge in [-0.15, -0.1) is 0 Å². The molecule has 0 fully saturated rings. The van der Waals surface area contributed by atoms with Crippen LogP contribution in [0.4, 0.5) is 0 Å². The van der Waals surface area contributed by atoms with Gasteiger partial charge in [0.2, 0.25) is 0 Å². The Hall–Kier alpha value is -1.32. The summed E-state index contributed by atoms with van der Waals surface area (Å²) < 4.78 is 0. The molecule has 2 aromatic rings. The number of halogens is 1. The Bertz CT molecular complexity index is 465. The summed E-state index contributed by atoms with van der Waals surface area (Å²) in [5, 5.41) is 11.2. The summed E-state index contributed by atoms with van der Waals surface area (Å²) in [7, 11) is 0. The van der Waals surface area contributed by atoms with Crippen LogP contribution in [0.15, 0.2) is 30.3 Å². The van der Waals surface area contributed by atoms with E-state index in [1.54, 1.807) is 0 Å². The second-order valence-electron chi connectivity index (χ2n) is 3.78. The number of aryl methyl sites for hydroxylation is 1. The molecule has 0 radical (unpaired) electrons. The van der Waals surface area contributed by atoms with Gasteiger partial charge in [-0.1, -0.05) is 23.7 Å². The predicted molar refractivity (Wildman–Crippen MR) is 65.3 cm³/mol.